The Kier molecular flexibility index (Phi) is 12.5. The normalized spacial score (nSPS) is 16.1. The monoisotopic (exact) mass is 521 g/mol. The summed E-state index contributed by atoms with van der Waals surface area (Å²) in [6.45, 7) is 8.63. The van der Waals surface area contributed by atoms with E-state index in [-0.39, 0.29) is 29.6 Å². The Morgan fingerprint density at radius 3 is 2.62 bits per heavy atom. The Balaban J connectivity index is 0.00000420. The smallest absolute Gasteiger partial charge is 0.191 e. The second-order valence-corrected chi connectivity index (χ2v) is 6.94. The number of aliphatic imine (C=N–C) groups is 1. The summed E-state index contributed by atoms with van der Waals surface area (Å²) >= 11 is 0. The third-order valence-corrected chi connectivity index (χ3v) is 5.00. The highest BCUT2D eigenvalue weighted by molar-refractivity contribution is 14.0. The van der Waals surface area contributed by atoms with Gasteiger partial charge in [-0.05, 0) is 25.5 Å². The molecule has 1 saturated heterocycles. The summed E-state index contributed by atoms with van der Waals surface area (Å²) in [4.78, 5) is 4.33. The molecule has 1 aromatic rings. The van der Waals surface area contributed by atoms with Crippen molar-refractivity contribution in [1.29, 1.82) is 0 Å². The fourth-order valence-electron chi connectivity index (χ4n) is 3.14. The van der Waals surface area contributed by atoms with E-state index >= 15 is 0 Å². The summed E-state index contributed by atoms with van der Waals surface area (Å²) in [6.07, 6.45) is 1.76. The van der Waals surface area contributed by atoms with Gasteiger partial charge in [-0.2, -0.15) is 0 Å². The summed E-state index contributed by atoms with van der Waals surface area (Å²) in [7, 11) is 3.54. The Morgan fingerprint density at radius 1 is 1.21 bits per heavy atom. The molecule has 0 atom stereocenters. The van der Waals surface area contributed by atoms with E-state index < -0.39 is 0 Å². The van der Waals surface area contributed by atoms with Gasteiger partial charge < -0.3 is 29.6 Å². The van der Waals surface area contributed by atoms with E-state index in [1.165, 1.54) is 5.56 Å². The summed E-state index contributed by atoms with van der Waals surface area (Å²) < 4.78 is 22.5. The Labute approximate surface area is 191 Å². The third kappa shape index (κ3) is 8.65. The van der Waals surface area contributed by atoms with Gasteiger partial charge in [-0.1, -0.05) is 12.1 Å². The number of hydrogen-bond donors (Lipinski definition) is 2. The van der Waals surface area contributed by atoms with Crippen LogP contribution < -0.4 is 15.4 Å². The van der Waals surface area contributed by atoms with Crippen LogP contribution in [0.3, 0.4) is 0 Å². The van der Waals surface area contributed by atoms with Gasteiger partial charge in [0, 0.05) is 65.5 Å². The first kappa shape index (κ1) is 25.9. The molecule has 0 aliphatic carbocycles. The van der Waals surface area contributed by atoms with Gasteiger partial charge in [0.1, 0.15) is 12.4 Å². The largest absolute Gasteiger partial charge is 0.491 e. The number of methoxy groups -OCH3 is 1. The standard InChI is InChI=1S/C21H35N3O4.HI/c1-5-26-12-13-28-19-14-17(2)6-7-18(19)15-23-20(22-3)24-16-21(25-4)8-10-27-11-9-21;/h6-7,14H,5,8-13,15-16H2,1-4H3,(H2,22,23,24);1H. The molecule has 166 valence electrons. The van der Waals surface area contributed by atoms with E-state index in [2.05, 4.69) is 40.7 Å². The van der Waals surface area contributed by atoms with Crippen LogP contribution in [0.4, 0.5) is 0 Å². The lowest BCUT2D eigenvalue weighted by molar-refractivity contribution is -0.0855. The molecule has 2 N–H and O–H groups in total. The molecule has 1 aliphatic rings. The van der Waals surface area contributed by atoms with E-state index in [0.717, 1.165) is 43.3 Å². The summed E-state index contributed by atoms with van der Waals surface area (Å²) in [6, 6.07) is 6.23. The number of nitrogens with zero attached hydrogens (tertiary/aromatic N) is 1. The highest BCUT2D eigenvalue weighted by atomic mass is 127. The minimum absolute atomic E-state index is 0. The van der Waals surface area contributed by atoms with Gasteiger partial charge >= 0.3 is 0 Å². The van der Waals surface area contributed by atoms with E-state index in [9.17, 15) is 0 Å². The van der Waals surface area contributed by atoms with Crippen LogP contribution in [-0.2, 0) is 20.8 Å². The predicted octanol–water partition coefficient (Wildman–Crippen LogP) is 2.89. The summed E-state index contributed by atoms with van der Waals surface area (Å²) in [5.41, 5.74) is 2.05. The van der Waals surface area contributed by atoms with Gasteiger partial charge in [0.25, 0.3) is 0 Å². The molecule has 1 aliphatic heterocycles. The lowest BCUT2D eigenvalue weighted by Crippen LogP contribution is -2.50. The molecule has 1 fully saturated rings. The van der Waals surface area contributed by atoms with Crippen molar-refractivity contribution < 1.29 is 18.9 Å². The zero-order chi connectivity index (χ0) is 20.2. The molecule has 2 rings (SSSR count). The van der Waals surface area contributed by atoms with Crippen molar-refractivity contribution in [2.75, 3.05) is 53.7 Å². The highest BCUT2D eigenvalue weighted by Crippen LogP contribution is 2.23. The lowest BCUT2D eigenvalue weighted by Gasteiger charge is -2.36. The van der Waals surface area contributed by atoms with Crippen LogP contribution in [0, 0.1) is 6.92 Å². The molecule has 0 bridgehead atoms. The van der Waals surface area contributed by atoms with Crippen molar-refractivity contribution in [2.45, 2.75) is 38.8 Å². The van der Waals surface area contributed by atoms with Gasteiger partial charge in [0.2, 0.25) is 0 Å². The van der Waals surface area contributed by atoms with Crippen LogP contribution in [-0.4, -0.2) is 65.3 Å². The summed E-state index contributed by atoms with van der Waals surface area (Å²) in [5, 5.41) is 6.76. The quantitative estimate of drug-likeness (QED) is 0.214. The maximum absolute atomic E-state index is 5.92. The zero-order valence-electron chi connectivity index (χ0n) is 18.1. The third-order valence-electron chi connectivity index (χ3n) is 5.00. The van der Waals surface area contributed by atoms with Crippen LogP contribution in [0.5, 0.6) is 5.75 Å². The summed E-state index contributed by atoms with van der Waals surface area (Å²) in [5.74, 6) is 1.62. The Hall–Kier alpha value is -1.10. The second-order valence-electron chi connectivity index (χ2n) is 6.94. The van der Waals surface area contributed by atoms with Crippen molar-refractivity contribution in [3.8, 4) is 5.75 Å². The van der Waals surface area contributed by atoms with Crippen LogP contribution in [0.2, 0.25) is 0 Å². The predicted molar refractivity (Wildman–Crippen MR) is 127 cm³/mol. The average Bonchev–Trinajstić information content (AvgIpc) is 2.73. The fourth-order valence-corrected chi connectivity index (χ4v) is 3.14. The van der Waals surface area contributed by atoms with E-state index in [4.69, 9.17) is 18.9 Å². The van der Waals surface area contributed by atoms with Crippen LogP contribution in [0.1, 0.15) is 30.9 Å². The van der Waals surface area contributed by atoms with Crippen LogP contribution in [0.15, 0.2) is 23.2 Å². The number of nitrogens with one attached hydrogen (secondary N) is 2. The molecule has 0 spiro atoms. The average molecular weight is 521 g/mol. The van der Waals surface area contributed by atoms with E-state index in [1.807, 2.05) is 6.92 Å². The maximum atomic E-state index is 5.92. The van der Waals surface area contributed by atoms with Gasteiger partial charge in [-0.25, -0.2) is 0 Å². The maximum Gasteiger partial charge on any atom is 0.191 e. The van der Waals surface area contributed by atoms with Gasteiger partial charge in [-0.3, -0.25) is 4.99 Å². The molecule has 29 heavy (non-hydrogen) atoms. The number of guanidine groups is 1. The Morgan fingerprint density at radius 2 is 1.97 bits per heavy atom. The fraction of sp³-hybridized carbons (Fsp3) is 0.667. The number of hydrogen-bond acceptors (Lipinski definition) is 5. The first-order valence-electron chi connectivity index (χ1n) is 10.00. The molecule has 0 saturated carbocycles. The number of halogens is 1. The van der Waals surface area contributed by atoms with Gasteiger partial charge in [-0.15, -0.1) is 24.0 Å². The van der Waals surface area contributed by atoms with Crippen molar-refractivity contribution >= 4 is 29.9 Å². The van der Waals surface area contributed by atoms with Crippen molar-refractivity contribution in [3.05, 3.63) is 29.3 Å². The van der Waals surface area contributed by atoms with E-state index in [0.29, 0.717) is 32.9 Å². The number of aryl methyl sites for hydroxylation is 1. The molecule has 8 heteroatoms. The zero-order valence-corrected chi connectivity index (χ0v) is 20.4. The highest BCUT2D eigenvalue weighted by Gasteiger charge is 2.32. The molecule has 0 aromatic heterocycles. The van der Waals surface area contributed by atoms with Crippen molar-refractivity contribution in [3.63, 3.8) is 0 Å². The molecule has 0 unspecified atom stereocenters. The molecule has 7 nitrogen and oxygen atoms in total. The topological polar surface area (TPSA) is 73.3 Å². The second kappa shape index (κ2) is 14.0. The minimum Gasteiger partial charge on any atom is -0.491 e. The molecular weight excluding hydrogens is 485 g/mol. The van der Waals surface area contributed by atoms with E-state index in [1.54, 1.807) is 14.2 Å². The van der Waals surface area contributed by atoms with Crippen LogP contribution >= 0.6 is 24.0 Å². The molecule has 1 heterocycles. The lowest BCUT2D eigenvalue weighted by atomic mass is 9.94. The number of benzene rings is 1. The molecule has 0 amide bonds. The van der Waals surface area contributed by atoms with Crippen molar-refractivity contribution in [1.82, 2.24) is 10.6 Å². The van der Waals surface area contributed by atoms with Crippen molar-refractivity contribution in [2.24, 2.45) is 4.99 Å². The minimum atomic E-state index is -0.201. The first-order valence-corrected chi connectivity index (χ1v) is 10.00. The molecular formula is C21H36IN3O4. The number of ether oxygens (including phenoxy) is 4. The Bertz CT molecular complexity index is 622. The SMILES string of the molecule is CCOCCOc1cc(C)ccc1CNC(=NC)NCC1(OC)CCOCC1.I. The first-order chi connectivity index (χ1) is 13.6. The van der Waals surface area contributed by atoms with Crippen LogP contribution in [0.25, 0.3) is 0 Å². The molecule has 0 radical (unpaired) electrons. The number of rotatable bonds is 10. The molecule has 1 aromatic carbocycles. The van der Waals surface area contributed by atoms with Gasteiger partial charge in [0.15, 0.2) is 5.96 Å². The van der Waals surface area contributed by atoms with Gasteiger partial charge in [0.05, 0.1) is 12.2 Å².